The van der Waals surface area contributed by atoms with Gasteiger partial charge >= 0.3 is 6.03 Å². The van der Waals surface area contributed by atoms with Gasteiger partial charge in [-0.15, -0.1) is 0 Å². The number of rotatable bonds is 4. The van der Waals surface area contributed by atoms with E-state index >= 15 is 0 Å². The van der Waals surface area contributed by atoms with Crippen molar-refractivity contribution in [3.63, 3.8) is 0 Å². The van der Waals surface area contributed by atoms with Crippen LogP contribution in [0.15, 0.2) is 48.5 Å². The number of anilines is 1. The summed E-state index contributed by atoms with van der Waals surface area (Å²) in [6.45, 7) is 4.22. The number of hydrogen-bond donors (Lipinski definition) is 1. The molecule has 7 heteroatoms. The van der Waals surface area contributed by atoms with Crippen LogP contribution in [0.1, 0.15) is 31.7 Å². The molecule has 0 aliphatic carbocycles. The van der Waals surface area contributed by atoms with Crippen LogP contribution < -0.4 is 15.0 Å². The molecule has 0 saturated carbocycles. The molecule has 1 fully saturated rings. The van der Waals surface area contributed by atoms with E-state index < -0.39 is 0 Å². The molecule has 2 aromatic carbocycles. The molecule has 2 aliphatic heterocycles. The van der Waals surface area contributed by atoms with Gasteiger partial charge in [-0.25, -0.2) is 4.79 Å². The van der Waals surface area contributed by atoms with Crippen LogP contribution in [0, 0.1) is 5.92 Å². The highest BCUT2D eigenvalue weighted by atomic mass is 35.5. The topological polar surface area (TPSA) is 61.9 Å². The fourth-order valence-corrected chi connectivity index (χ4v) is 4.39. The third kappa shape index (κ3) is 4.96. The van der Waals surface area contributed by atoms with E-state index in [2.05, 4.69) is 12.2 Å². The maximum absolute atomic E-state index is 13.3. The number of fused-ring (bicyclic) bond motifs is 1. The van der Waals surface area contributed by atoms with E-state index in [1.54, 1.807) is 0 Å². The normalized spacial score (nSPS) is 18.8. The van der Waals surface area contributed by atoms with Gasteiger partial charge in [0, 0.05) is 30.6 Å². The summed E-state index contributed by atoms with van der Waals surface area (Å²) in [6, 6.07) is 15.2. The van der Waals surface area contributed by atoms with Crippen molar-refractivity contribution in [1.29, 1.82) is 0 Å². The summed E-state index contributed by atoms with van der Waals surface area (Å²) in [5.41, 5.74) is 1.79. The minimum absolute atomic E-state index is 0.00587. The van der Waals surface area contributed by atoms with Gasteiger partial charge in [-0.1, -0.05) is 42.8 Å². The molecule has 2 heterocycles. The Morgan fingerprint density at radius 1 is 1.13 bits per heavy atom. The Bertz CT molecular complexity index is 943. The predicted molar refractivity (Wildman–Crippen MR) is 121 cm³/mol. The number of nitrogens with one attached hydrogen (secondary N) is 1. The summed E-state index contributed by atoms with van der Waals surface area (Å²) >= 11 is 6.01. The molecule has 164 valence electrons. The molecular weight excluding hydrogens is 414 g/mol. The van der Waals surface area contributed by atoms with Gasteiger partial charge < -0.3 is 15.0 Å². The van der Waals surface area contributed by atoms with Crippen LogP contribution in [0.5, 0.6) is 5.75 Å². The number of carbonyl (C=O) groups is 2. The van der Waals surface area contributed by atoms with Crippen LogP contribution in [-0.2, 0) is 11.3 Å². The van der Waals surface area contributed by atoms with E-state index in [4.69, 9.17) is 16.3 Å². The van der Waals surface area contributed by atoms with E-state index in [0.717, 1.165) is 23.4 Å². The van der Waals surface area contributed by atoms with Crippen LogP contribution in [0.25, 0.3) is 0 Å². The molecule has 0 bridgehead atoms. The minimum Gasteiger partial charge on any atom is -0.486 e. The molecular formula is C24H28ClN3O3. The van der Waals surface area contributed by atoms with Gasteiger partial charge in [-0.3, -0.25) is 9.69 Å². The Hall–Kier alpha value is -2.73. The van der Waals surface area contributed by atoms with E-state index in [0.29, 0.717) is 44.0 Å². The van der Waals surface area contributed by atoms with Crippen molar-refractivity contribution in [2.24, 2.45) is 5.92 Å². The summed E-state index contributed by atoms with van der Waals surface area (Å²) in [6.07, 6.45) is 2.16. The number of carbonyl (C=O) groups excluding carboxylic acids is 2. The second kappa shape index (κ2) is 9.60. The molecule has 2 aromatic rings. The number of amides is 3. The number of para-hydroxylation sites is 2. The number of halogens is 1. The lowest BCUT2D eigenvalue weighted by atomic mass is 9.96. The minimum atomic E-state index is -0.0800. The van der Waals surface area contributed by atoms with E-state index in [1.807, 2.05) is 58.3 Å². The van der Waals surface area contributed by atoms with Gasteiger partial charge in [0.05, 0.1) is 12.2 Å². The van der Waals surface area contributed by atoms with Crippen molar-refractivity contribution in [2.75, 3.05) is 24.5 Å². The number of benzene rings is 2. The Balaban J connectivity index is 1.33. The lowest BCUT2D eigenvalue weighted by Gasteiger charge is -2.39. The van der Waals surface area contributed by atoms with E-state index in [-0.39, 0.29) is 24.0 Å². The highest BCUT2D eigenvalue weighted by Gasteiger charge is 2.34. The van der Waals surface area contributed by atoms with Crippen LogP contribution in [-0.4, -0.2) is 42.6 Å². The van der Waals surface area contributed by atoms with Gasteiger partial charge in [0.25, 0.3) is 0 Å². The van der Waals surface area contributed by atoms with Crippen molar-refractivity contribution in [2.45, 2.75) is 38.8 Å². The fourth-order valence-electron chi connectivity index (χ4n) is 4.18. The largest absolute Gasteiger partial charge is 0.486 e. The summed E-state index contributed by atoms with van der Waals surface area (Å²) in [5.74, 6) is 0.711. The molecule has 4 rings (SSSR count). The number of piperidine rings is 1. The van der Waals surface area contributed by atoms with Crippen LogP contribution >= 0.6 is 11.6 Å². The monoisotopic (exact) mass is 441 g/mol. The molecule has 1 saturated heterocycles. The lowest BCUT2D eigenvalue weighted by Crippen LogP contribution is -2.52. The Labute approximate surface area is 188 Å². The molecule has 31 heavy (non-hydrogen) atoms. The zero-order chi connectivity index (χ0) is 21.8. The number of hydrogen-bond acceptors (Lipinski definition) is 3. The smallest absolute Gasteiger partial charge is 0.324 e. The first-order chi connectivity index (χ1) is 15.0. The lowest BCUT2D eigenvalue weighted by molar-refractivity contribution is -0.126. The maximum Gasteiger partial charge on any atom is 0.324 e. The molecule has 3 amide bonds. The van der Waals surface area contributed by atoms with Crippen molar-refractivity contribution in [1.82, 2.24) is 10.2 Å². The van der Waals surface area contributed by atoms with Crippen LogP contribution in [0.3, 0.4) is 0 Å². The molecule has 0 spiro atoms. The number of ether oxygens (including phenoxy) is 1. The Morgan fingerprint density at radius 2 is 1.90 bits per heavy atom. The van der Waals surface area contributed by atoms with Crippen molar-refractivity contribution in [3.8, 4) is 5.75 Å². The molecule has 2 aliphatic rings. The highest BCUT2D eigenvalue weighted by Crippen LogP contribution is 2.35. The molecule has 0 aromatic heterocycles. The highest BCUT2D eigenvalue weighted by molar-refractivity contribution is 6.30. The van der Waals surface area contributed by atoms with Crippen molar-refractivity contribution >= 4 is 29.2 Å². The number of urea groups is 1. The quantitative estimate of drug-likeness (QED) is 0.761. The molecule has 0 radical (unpaired) electrons. The van der Waals surface area contributed by atoms with Gasteiger partial charge in [0.2, 0.25) is 5.91 Å². The van der Waals surface area contributed by atoms with Gasteiger partial charge in [-0.05, 0) is 49.1 Å². The number of likely N-dealkylation sites (tertiary alicyclic amines) is 1. The first kappa shape index (κ1) is 21.5. The average Bonchev–Trinajstić information content (AvgIpc) is 2.81. The Morgan fingerprint density at radius 3 is 2.65 bits per heavy atom. The zero-order valence-electron chi connectivity index (χ0n) is 17.7. The standard InChI is InChI=1S/C24H28ClN3O3/c1-2-20-16-28(21-8-3-4-9-22(21)31-20)24(30)27-12-10-18(11-13-27)23(29)26-15-17-6-5-7-19(25)14-17/h3-9,14,18,20H,2,10-13,15-16H2,1H3,(H,26,29). The third-order valence-corrected chi connectivity index (χ3v) is 6.25. The van der Waals surface area contributed by atoms with Crippen LogP contribution in [0.4, 0.5) is 10.5 Å². The molecule has 1 N–H and O–H groups in total. The molecule has 6 nitrogen and oxygen atoms in total. The summed E-state index contributed by atoms with van der Waals surface area (Å²) < 4.78 is 5.99. The second-order valence-electron chi connectivity index (χ2n) is 8.12. The number of nitrogens with zero attached hydrogens (tertiary/aromatic N) is 2. The Kier molecular flexibility index (Phi) is 6.66. The summed E-state index contributed by atoms with van der Waals surface area (Å²) in [4.78, 5) is 29.6. The van der Waals surface area contributed by atoms with Gasteiger partial charge in [-0.2, -0.15) is 0 Å². The SMILES string of the molecule is CCC1CN(C(=O)N2CCC(C(=O)NCc3cccc(Cl)c3)CC2)c2ccccc2O1. The molecule has 1 atom stereocenters. The summed E-state index contributed by atoms with van der Waals surface area (Å²) in [5, 5.41) is 3.66. The van der Waals surface area contributed by atoms with Crippen molar-refractivity contribution in [3.05, 3.63) is 59.1 Å². The third-order valence-electron chi connectivity index (χ3n) is 6.01. The van der Waals surface area contributed by atoms with E-state index in [9.17, 15) is 9.59 Å². The predicted octanol–water partition coefficient (Wildman–Crippen LogP) is 4.47. The summed E-state index contributed by atoms with van der Waals surface area (Å²) in [7, 11) is 0. The zero-order valence-corrected chi connectivity index (χ0v) is 18.5. The maximum atomic E-state index is 13.3. The first-order valence-corrected chi connectivity index (χ1v) is 11.3. The van der Waals surface area contributed by atoms with Crippen molar-refractivity contribution < 1.29 is 14.3 Å². The second-order valence-corrected chi connectivity index (χ2v) is 8.55. The van der Waals surface area contributed by atoms with Crippen LogP contribution in [0.2, 0.25) is 5.02 Å². The first-order valence-electron chi connectivity index (χ1n) is 10.9. The van der Waals surface area contributed by atoms with Gasteiger partial charge in [0.1, 0.15) is 11.9 Å². The van der Waals surface area contributed by atoms with E-state index in [1.165, 1.54) is 0 Å². The fraction of sp³-hybridized carbons (Fsp3) is 0.417. The molecule has 1 unspecified atom stereocenters. The van der Waals surface area contributed by atoms with Gasteiger partial charge in [0.15, 0.2) is 0 Å². The average molecular weight is 442 g/mol.